The first-order chi connectivity index (χ1) is 12.8. The van der Waals surface area contributed by atoms with Crippen molar-refractivity contribution < 1.29 is 33.4 Å². The number of amides is 3. The van der Waals surface area contributed by atoms with Crippen LogP contribution in [0.15, 0.2) is 24.3 Å². The summed E-state index contributed by atoms with van der Waals surface area (Å²) < 4.78 is 14.8. The number of benzene rings is 1. The minimum absolute atomic E-state index is 0.0150. The summed E-state index contributed by atoms with van der Waals surface area (Å²) in [6.45, 7) is 1.33. The third-order valence-corrected chi connectivity index (χ3v) is 4.32. The van der Waals surface area contributed by atoms with Crippen LogP contribution in [0.2, 0.25) is 0 Å². The molecule has 0 N–H and O–H groups in total. The topological polar surface area (TPSA) is 102 Å². The largest absolute Gasteiger partial charge is 0.465 e. The average molecular weight is 378 g/mol. The molecule has 1 aromatic carbocycles. The molecule has 146 valence electrons. The van der Waals surface area contributed by atoms with Gasteiger partial charge in [-0.25, -0.2) is 9.69 Å². The summed E-state index contributed by atoms with van der Waals surface area (Å²) in [5.41, 5.74) is 0.615. The highest BCUT2D eigenvalue weighted by Crippen LogP contribution is 2.26. The van der Waals surface area contributed by atoms with Crippen LogP contribution in [0.3, 0.4) is 0 Å². The van der Waals surface area contributed by atoms with Crippen molar-refractivity contribution in [2.24, 2.45) is 0 Å². The summed E-state index contributed by atoms with van der Waals surface area (Å²) >= 11 is 0. The number of carbonyl (C=O) groups excluding carboxylic acids is 4. The average Bonchev–Trinajstić information content (AvgIpc) is 2.96. The van der Waals surface area contributed by atoms with Gasteiger partial charge in [-0.3, -0.25) is 14.4 Å². The van der Waals surface area contributed by atoms with Gasteiger partial charge in [0.25, 0.3) is 5.91 Å². The number of methoxy groups -OCH3 is 3. The van der Waals surface area contributed by atoms with Crippen molar-refractivity contribution in [1.29, 1.82) is 0 Å². The number of hydrogen-bond acceptors (Lipinski definition) is 7. The van der Waals surface area contributed by atoms with Crippen molar-refractivity contribution in [3.8, 4) is 0 Å². The van der Waals surface area contributed by atoms with Gasteiger partial charge in [0.15, 0.2) is 6.29 Å². The first-order valence-electron chi connectivity index (χ1n) is 8.22. The first-order valence-corrected chi connectivity index (χ1v) is 8.22. The van der Waals surface area contributed by atoms with E-state index in [9.17, 15) is 19.2 Å². The Morgan fingerprint density at radius 2 is 1.74 bits per heavy atom. The van der Waals surface area contributed by atoms with Gasteiger partial charge in [0.1, 0.15) is 6.04 Å². The molecule has 1 atom stereocenters. The van der Waals surface area contributed by atoms with E-state index < -0.39 is 30.1 Å². The molecule has 2 rings (SSSR count). The van der Waals surface area contributed by atoms with Crippen molar-refractivity contribution in [1.82, 2.24) is 4.90 Å². The number of rotatable bonds is 7. The minimum atomic E-state index is -0.942. The predicted molar refractivity (Wildman–Crippen MR) is 93.9 cm³/mol. The van der Waals surface area contributed by atoms with Gasteiger partial charge in [0, 0.05) is 21.1 Å². The van der Waals surface area contributed by atoms with Crippen LogP contribution in [0.1, 0.15) is 23.7 Å². The Labute approximate surface area is 156 Å². The van der Waals surface area contributed by atoms with E-state index in [4.69, 9.17) is 9.47 Å². The smallest absolute Gasteiger partial charge is 0.337 e. The lowest BCUT2D eigenvalue weighted by Crippen LogP contribution is -2.48. The van der Waals surface area contributed by atoms with Crippen LogP contribution in [0.5, 0.6) is 0 Å². The van der Waals surface area contributed by atoms with Gasteiger partial charge in [-0.2, -0.15) is 0 Å². The van der Waals surface area contributed by atoms with E-state index in [1.807, 2.05) is 0 Å². The van der Waals surface area contributed by atoms with Crippen LogP contribution in [0, 0.1) is 0 Å². The molecule has 1 unspecified atom stereocenters. The number of anilines is 1. The van der Waals surface area contributed by atoms with E-state index in [0.29, 0.717) is 11.3 Å². The van der Waals surface area contributed by atoms with E-state index in [1.54, 1.807) is 0 Å². The second-order valence-electron chi connectivity index (χ2n) is 5.90. The van der Waals surface area contributed by atoms with Crippen molar-refractivity contribution >= 4 is 29.4 Å². The Kier molecular flexibility index (Phi) is 6.65. The van der Waals surface area contributed by atoms with Crippen molar-refractivity contribution in [2.75, 3.05) is 32.8 Å². The Hall–Kier alpha value is -2.78. The highest BCUT2D eigenvalue weighted by molar-refractivity contribution is 6.23. The van der Waals surface area contributed by atoms with Gasteiger partial charge >= 0.3 is 5.97 Å². The van der Waals surface area contributed by atoms with Crippen molar-refractivity contribution in [2.45, 2.75) is 25.7 Å². The lowest BCUT2D eigenvalue weighted by molar-refractivity contribution is -0.150. The van der Waals surface area contributed by atoms with Gasteiger partial charge in [-0.15, -0.1) is 0 Å². The van der Waals surface area contributed by atoms with E-state index in [2.05, 4.69) is 4.74 Å². The Morgan fingerprint density at radius 1 is 1.15 bits per heavy atom. The van der Waals surface area contributed by atoms with Gasteiger partial charge in [-0.05, 0) is 24.3 Å². The molecule has 9 heteroatoms. The number of esters is 1. The highest BCUT2D eigenvalue weighted by atomic mass is 16.7. The molecule has 0 aromatic heterocycles. The molecule has 0 saturated carbocycles. The van der Waals surface area contributed by atoms with Gasteiger partial charge in [-0.1, -0.05) is 0 Å². The lowest BCUT2D eigenvalue weighted by atomic mass is 10.2. The van der Waals surface area contributed by atoms with Crippen LogP contribution in [0.4, 0.5) is 5.69 Å². The number of imide groups is 1. The highest BCUT2D eigenvalue weighted by Gasteiger charge is 2.44. The molecule has 1 aliphatic rings. The molecule has 1 saturated heterocycles. The molecule has 1 aromatic rings. The van der Waals surface area contributed by atoms with Crippen molar-refractivity contribution in [3.63, 3.8) is 0 Å². The molecular weight excluding hydrogens is 356 g/mol. The molecule has 3 amide bonds. The number of hydrogen-bond donors (Lipinski definition) is 0. The third-order valence-electron chi connectivity index (χ3n) is 4.32. The SMILES string of the molecule is COC(=O)c1ccc(N2C(=O)CC(N(CC(OC)OC)C(C)=O)C2=O)cc1. The fourth-order valence-electron chi connectivity index (χ4n) is 2.88. The predicted octanol–water partition coefficient (Wildman–Crippen LogP) is 0.572. The van der Waals surface area contributed by atoms with Crippen LogP contribution in [-0.2, 0) is 28.6 Å². The number of nitrogens with zero attached hydrogens (tertiary/aromatic N) is 2. The van der Waals surface area contributed by atoms with E-state index in [-0.39, 0.29) is 18.9 Å². The quantitative estimate of drug-likeness (QED) is 0.388. The lowest BCUT2D eigenvalue weighted by Gasteiger charge is -2.29. The van der Waals surface area contributed by atoms with E-state index in [1.165, 1.54) is 57.4 Å². The fourth-order valence-corrected chi connectivity index (χ4v) is 2.88. The first kappa shape index (κ1) is 20.5. The molecule has 1 fully saturated rings. The third kappa shape index (κ3) is 4.32. The Bertz CT molecular complexity index is 728. The second kappa shape index (κ2) is 8.74. The van der Waals surface area contributed by atoms with Crippen molar-refractivity contribution in [3.05, 3.63) is 29.8 Å². The number of ether oxygens (including phenoxy) is 3. The maximum atomic E-state index is 12.8. The summed E-state index contributed by atoms with van der Waals surface area (Å²) in [4.78, 5) is 51.1. The molecule has 27 heavy (non-hydrogen) atoms. The molecule has 0 bridgehead atoms. The molecule has 1 aliphatic heterocycles. The summed E-state index contributed by atoms with van der Waals surface area (Å²) in [6, 6.07) is 4.95. The fraction of sp³-hybridized carbons (Fsp3) is 0.444. The zero-order valence-electron chi connectivity index (χ0n) is 15.6. The van der Waals surface area contributed by atoms with Crippen LogP contribution >= 0.6 is 0 Å². The maximum Gasteiger partial charge on any atom is 0.337 e. The van der Waals surface area contributed by atoms with Gasteiger partial charge in [0.05, 0.1) is 31.3 Å². The monoisotopic (exact) mass is 378 g/mol. The summed E-state index contributed by atoms with van der Waals surface area (Å²) in [5, 5.41) is 0. The molecule has 0 spiro atoms. The molecule has 1 heterocycles. The summed E-state index contributed by atoms with van der Waals surface area (Å²) in [5.74, 6) is -1.85. The molecule has 0 aliphatic carbocycles. The van der Waals surface area contributed by atoms with E-state index >= 15 is 0 Å². The zero-order valence-corrected chi connectivity index (χ0v) is 15.6. The normalized spacial score (nSPS) is 16.8. The van der Waals surface area contributed by atoms with Gasteiger partial charge < -0.3 is 19.1 Å². The Morgan fingerprint density at radius 3 is 2.22 bits per heavy atom. The van der Waals surface area contributed by atoms with Crippen LogP contribution in [0.25, 0.3) is 0 Å². The summed E-state index contributed by atoms with van der Waals surface area (Å²) in [7, 11) is 4.10. The van der Waals surface area contributed by atoms with E-state index in [0.717, 1.165) is 4.90 Å². The maximum absolute atomic E-state index is 12.8. The van der Waals surface area contributed by atoms with Crippen LogP contribution in [-0.4, -0.2) is 68.8 Å². The number of carbonyl (C=O) groups is 4. The second-order valence-corrected chi connectivity index (χ2v) is 5.90. The summed E-state index contributed by atoms with van der Waals surface area (Å²) in [6.07, 6.45) is -0.859. The minimum Gasteiger partial charge on any atom is -0.465 e. The molecular formula is C18H22N2O7. The standard InChI is InChI=1S/C18H22N2O7/c1-11(21)19(10-16(25-2)26-3)14-9-15(22)20(17(14)23)13-7-5-12(6-8-13)18(24)27-4/h5-8,14,16H,9-10H2,1-4H3. The van der Waals surface area contributed by atoms with Gasteiger partial charge in [0.2, 0.25) is 11.8 Å². The molecule has 0 radical (unpaired) electrons. The van der Waals surface area contributed by atoms with Crippen LogP contribution < -0.4 is 4.90 Å². The Balaban J connectivity index is 2.24. The zero-order chi connectivity index (χ0) is 20.1. The molecule has 9 nitrogen and oxygen atoms in total.